The highest BCUT2D eigenvalue weighted by Crippen LogP contribution is 2.26. The molecule has 0 spiro atoms. The molecule has 1 aliphatic rings. The van der Waals surface area contributed by atoms with Crippen molar-refractivity contribution in [2.75, 3.05) is 13.1 Å². The van der Waals surface area contributed by atoms with Gasteiger partial charge in [-0.3, -0.25) is 0 Å². The zero-order chi connectivity index (χ0) is 13.0. The summed E-state index contributed by atoms with van der Waals surface area (Å²) in [5.41, 5.74) is 0. The van der Waals surface area contributed by atoms with Crippen molar-refractivity contribution in [1.82, 2.24) is 5.32 Å². The van der Waals surface area contributed by atoms with Crippen LogP contribution in [0.4, 0.5) is 8.78 Å². The fraction of sp³-hybridized carbons (Fsp3) is 0.571. The summed E-state index contributed by atoms with van der Waals surface area (Å²) in [5.74, 6) is -1.33. The first-order chi connectivity index (χ1) is 8.72. The molecule has 1 heterocycles. The van der Waals surface area contributed by atoms with Crippen LogP contribution >= 0.6 is 0 Å². The van der Waals surface area contributed by atoms with Crippen LogP contribution in [-0.2, 0) is 0 Å². The van der Waals surface area contributed by atoms with E-state index in [0.717, 1.165) is 38.4 Å². The van der Waals surface area contributed by atoms with Crippen LogP contribution in [0.25, 0.3) is 0 Å². The number of hydrogen-bond donors (Lipinski definition) is 1. The molecule has 1 saturated heterocycles. The predicted octanol–water partition coefficient (Wildman–Crippen LogP) is 3.12. The lowest BCUT2D eigenvalue weighted by Crippen LogP contribution is -2.29. The second-order valence-corrected chi connectivity index (χ2v) is 4.75. The minimum Gasteiger partial charge on any atom is -0.487 e. The van der Waals surface area contributed by atoms with E-state index in [1.807, 2.05) is 0 Å². The lowest BCUT2D eigenvalue weighted by molar-refractivity contribution is 0.125. The molecule has 0 amide bonds. The van der Waals surface area contributed by atoms with Gasteiger partial charge in [0.15, 0.2) is 11.6 Å². The number of rotatable bonds is 5. The summed E-state index contributed by atoms with van der Waals surface area (Å²) in [7, 11) is 0. The fourth-order valence-corrected chi connectivity index (χ4v) is 2.41. The van der Waals surface area contributed by atoms with Gasteiger partial charge < -0.3 is 10.1 Å². The molecular weight excluding hydrogens is 236 g/mol. The number of benzene rings is 1. The molecule has 18 heavy (non-hydrogen) atoms. The first-order valence-corrected chi connectivity index (χ1v) is 6.53. The zero-order valence-electron chi connectivity index (χ0n) is 10.6. The summed E-state index contributed by atoms with van der Waals surface area (Å²) < 4.78 is 32.4. The Kier molecular flexibility index (Phi) is 4.53. The van der Waals surface area contributed by atoms with Crippen molar-refractivity contribution in [3.8, 4) is 5.75 Å². The minimum absolute atomic E-state index is 0.0281. The maximum Gasteiger partial charge on any atom is 0.200 e. The first-order valence-electron chi connectivity index (χ1n) is 6.53. The Labute approximate surface area is 106 Å². The van der Waals surface area contributed by atoms with Gasteiger partial charge >= 0.3 is 0 Å². The van der Waals surface area contributed by atoms with Crippen molar-refractivity contribution in [1.29, 1.82) is 0 Å². The Morgan fingerprint density at radius 3 is 2.94 bits per heavy atom. The predicted molar refractivity (Wildman–Crippen MR) is 66.7 cm³/mol. The van der Waals surface area contributed by atoms with E-state index in [-0.39, 0.29) is 11.9 Å². The molecule has 2 rings (SSSR count). The van der Waals surface area contributed by atoms with Gasteiger partial charge in [-0.1, -0.05) is 19.4 Å². The highest BCUT2D eigenvalue weighted by molar-refractivity contribution is 5.25. The molecular formula is C14H19F2NO. The summed E-state index contributed by atoms with van der Waals surface area (Å²) in [6.45, 7) is 3.93. The van der Waals surface area contributed by atoms with Gasteiger partial charge in [0.1, 0.15) is 6.10 Å². The highest BCUT2D eigenvalue weighted by Gasteiger charge is 2.26. The zero-order valence-corrected chi connectivity index (χ0v) is 10.6. The van der Waals surface area contributed by atoms with Gasteiger partial charge in [0, 0.05) is 12.5 Å². The average Bonchev–Trinajstić information content (AvgIpc) is 2.88. The first kappa shape index (κ1) is 13.3. The van der Waals surface area contributed by atoms with E-state index >= 15 is 0 Å². The number of halogens is 2. The van der Waals surface area contributed by atoms with E-state index in [9.17, 15) is 8.78 Å². The van der Waals surface area contributed by atoms with Crippen LogP contribution in [0.5, 0.6) is 5.75 Å². The van der Waals surface area contributed by atoms with Crippen molar-refractivity contribution in [3.05, 3.63) is 29.8 Å². The molecule has 1 N–H and O–H groups in total. The maximum atomic E-state index is 13.6. The van der Waals surface area contributed by atoms with Gasteiger partial charge in [0.2, 0.25) is 5.82 Å². The van der Waals surface area contributed by atoms with E-state index in [4.69, 9.17) is 4.74 Å². The lowest BCUT2D eigenvalue weighted by atomic mass is 9.97. The molecule has 0 bridgehead atoms. The maximum absolute atomic E-state index is 13.6. The topological polar surface area (TPSA) is 21.3 Å². The molecule has 1 aliphatic heterocycles. The molecule has 1 fully saturated rings. The molecule has 0 aromatic heterocycles. The summed E-state index contributed by atoms with van der Waals surface area (Å²) in [4.78, 5) is 0. The highest BCUT2D eigenvalue weighted by atomic mass is 19.2. The van der Waals surface area contributed by atoms with Crippen LogP contribution in [-0.4, -0.2) is 19.2 Å². The smallest absolute Gasteiger partial charge is 0.200 e. The van der Waals surface area contributed by atoms with Gasteiger partial charge in [-0.25, -0.2) is 4.39 Å². The standard InChI is InChI=1S/C14H19F2NO/c1-2-4-12(10-7-8-17-9-10)18-13-6-3-5-11(15)14(13)16/h3,5-6,10,12,17H,2,4,7-9H2,1H3/t10-,12+/m0/s1. The van der Waals surface area contributed by atoms with Gasteiger partial charge in [-0.05, 0) is 31.5 Å². The van der Waals surface area contributed by atoms with Crippen LogP contribution in [0.1, 0.15) is 26.2 Å². The summed E-state index contributed by atoms with van der Waals surface area (Å²) in [6, 6.07) is 4.07. The number of nitrogens with one attached hydrogen (secondary N) is 1. The van der Waals surface area contributed by atoms with Crippen molar-refractivity contribution < 1.29 is 13.5 Å². The Bertz CT molecular complexity index is 391. The van der Waals surface area contributed by atoms with Crippen molar-refractivity contribution in [2.45, 2.75) is 32.3 Å². The largest absolute Gasteiger partial charge is 0.487 e. The molecule has 0 unspecified atom stereocenters. The van der Waals surface area contributed by atoms with Crippen LogP contribution in [0.2, 0.25) is 0 Å². The molecule has 100 valence electrons. The Morgan fingerprint density at radius 2 is 2.28 bits per heavy atom. The third-order valence-electron chi connectivity index (χ3n) is 3.39. The normalized spacial score (nSPS) is 20.9. The van der Waals surface area contributed by atoms with E-state index in [2.05, 4.69) is 12.2 Å². The van der Waals surface area contributed by atoms with Crippen molar-refractivity contribution in [3.63, 3.8) is 0 Å². The van der Waals surface area contributed by atoms with Crippen LogP contribution in [0.3, 0.4) is 0 Å². The lowest BCUT2D eigenvalue weighted by Gasteiger charge is -2.24. The van der Waals surface area contributed by atoms with Gasteiger partial charge in [0.05, 0.1) is 0 Å². The molecule has 1 aromatic rings. The molecule has 0 saturated carbocycles. The third kappa shape index (κ3) is 2.99. The monoisotopic (exact) mass is 255 g/mol. The fourth-order valence-electron chi connectivity index (χ4n) is 2.41. The van der Waals surface area contributed by atoms with Crippen LogP contribution in [0.15, 0.2) is 18.2 Å². The second-order valence-electron chi connectivity index (χ2n) is 4.75. The summed E-state index contributed by atoms with van der Waals surface area (Å²) in [5, 5.41) is 3.28. The Morgan fingerprint density at radius 1 is 1.44 bits per heavy atom. The van der Waals surface area contributed by atoms with E-state index in [1.54, 1.807) is 0 Å². The van der Waals surface area contributed by atoms with Crippen molar-refractivity contribution >= 4 is 0 Å². The third-order valence-corrected chi connectivity index (χ3v) is 3.39. The van der Waals surface area contributed by atoms with Gasteiger partial charge in [-0.15, -0.1) is 0 Å². The minimum atomic E-state index is -0.885. The van der Waals surface area contributed by atoms with Gasteiger partial charge in [0.25, 0.3) is 0 Å². The Hall–Kier alpha value is -1.16. The second kappa shape index (κ2) is 6.14. The molecule has 2 nitrogen and oxygen atoms in total. The van der Waals surface area contributed by atoms with Crippen LogP contribution < -0.4 is 10.1 Å². The van der Waals surface area contributed by atoms with E-state index in [1.165, 1.54) is 12.1 Å². The quantitative estimate of drug-likeness (QED) is 0.872. The molecule has 2 atom stereocenters. The van der Waals surface area contributed by atoms with Crippen molar-refractivity contribution in [2.24, 2.45) is 5.92 Å². The van der Waals surface area contributed by atoms with E-state index in [0.29, 0.717) is 5.92 Å². The average molecular weight is 255 g/mol. The summed E-state index contributed by atoms with van der Waals surface area (Å²) in [6.07, 6.45) is 2.82. The SMILES string of the molecule is CCC[C@@H](Oc1cccc(F)c1F)[C@H]1CCNC1. The Balaban J connectivity index is 2.10. The van der Waals surface area contributed by atoms with E-state index < -0.39 is 11.6 Å². The number of ether oxygens (including phenoxy) is 1. The molecule has 1 aromatic carbocycles. The molecule has 0 aliphatic carbocycles. The molecule has 4 heteroatoms. The van der Waals surface area contributed by atoms with Gasteiger partial charge in [-0.2, -0.15) is 4.39 Å². The summed E-state index contributed by atoms with van der Waals surface area (Å²) >= 11 is 0. The van der Waals surface area contributed by atoms with Crippen LogP contribution in [0, 0.1) is 17.6 Å². The number of hydrogen-bond acceptors (Lipinski definition) is 2. The molecule has 0 radical (unpaired) electrons.